The molecule has 0 aromatic rings. The molecule has 2 aliphatic heterocycles. The number of nitrogens with one attached hydrogen (secondary N) is 2. The monoisotopic (exact) mass is 412 g/mol. The van der Waals surface area contributed by atoms with E-state index in [2.05, 4.69) is 10.6 Å². The van der Waals surface area contributed by atoms with Crippen LogP contribution in [0.2, 0.25) is 0 Å². The summed E-state index contributed by atoms with van der Waals surface area (Å²) in [5.74, 6) is 0.670. The van der Waals surface area contributed by atoms with Gasteiger partial charge in [-0.05, 0) is 56.9 Å². The molecule has 4 amide bonds. The van der Waals surface area contributed by atoms with Gasteiger partial charge in [0.2, 0.25) is 5.91 Å². The lowest BCUT2D eigenvalue weighted by Gasteiger charge is -2.37. The average Bonchev–Trinajstić information content (AvgIpc) is 3.47. The van der Waals surface area contributed by atoms with E-state index in [1.807, 2.05) is 11.8 Å². The normalized spacial score (nSPS) is 31.1. The third kappa shape index (κ3) is 4.15. The molecule has 0 radical (unpaired) electrons. The highest BCUT2D eigenvalue weighted by atomic mass is 35.5. The van der Waals surface area contributed by atoms with Crippen molar-refractivity contribution in [1.82, 2.24) is 20.4 Å². The molecule has 2 aliphatic carbocycles. The molecule has 7 nitrogen and oxygen atoms in total. The molecule has 0 aromatic carbocycles. The summed E-state index contributed by atoms with van der Waals surface area (Å²) >= 11 is 0. The zero-order valence-electron chi connectivity index (χ0n) is 16.7. The van der Waals surface area contributed by atoms with E-state index in [0.717, 1.165) is 49.5 Å². The molecule has 4 aliphatic rings. The Bertz CT molecular complexity index is 619. The van der Waals surface area contributed by atoms with Crippen molar-refractivity contribution in [2.75, 3.05) is 26.2 Å². The first-order chi connectivity index (χ1) is 13.0. The van der Waals surface area contributed by atoms with Crippen LogP contribution in [0, 0.1) is 11.8 Å². The van der Waals surface area contributed by atoms with Gasteiger partial charge in [-0.25, -0.2) is 4.79 Å². The fourth-order valence-corrected chi connectivity index (χ4v) is 4.86. The number of carbonyl (C=O) groups excluding carboxylic acids is 3. The molecule has 2 atom stereocenters. The molecule has 28 heavy (non-hydrogen) atoms. The van der Waals surface area contributed by atoms with Crippen LogP contribution in [0.1, 0.15) is 58.3 Å². The van der Waals surface area contributed by atoms with Gasteiger partial charge in [0.05, 0.1) is 0 Å². The SMILES string of the molecule is CC1CCCCC12NC(=O)N(CC(=O)N1CCC(NCC3CC3)CC1)C2=O.Cl. The number of piperidine rings is 1. The lowest BCUT2D eigenvalue weighted by Crippen LogP contribution is -2.54. The number of hydrogen-bond acceptors (Lipinski definition) is 4. The van der Waals surface area contributed by atoms with Crippen molar-refractivity contribution in [3.63, 3.8) is 0 Å². The summed E-state index contributed by atoms with van der Waals surface area (Å²) < 4.78 is 0. The molecule has 158 valence electrons. The Kier molecular flexibility index (Phi) is 6.54. The van der Waals surface area contributed by atoms with Crippen LogP contribution in [0.4, 0.5) is 4.79 Å². The minimum Gasteiger partial charge on any atom is -0.341 e. The number of likely N-dealkylation sites (tertiary alicyclic amines) is 1. The largest absolute Gasteiger partial charge is 0.341 e. The molecule has 0 aromatic heterocycles. The second-order valence-corrected chi connectivity index (χ2v) is 8.95. The summed E-state index contributed by atoms with van der Waals surface area (Å²) in [7, 11) is 0. The van der Waals surface area contributed by atoms with E-state index in [4.69, 9.17) is 0 Å². The fraction of sp³-hybridized carbons (Fsp3) is 0.850. The molecule has 2 N–H and O–H groups in total. The number of urea groups is 1. The first kappa shape index (κ1) is 21.4. The van der Waals surface area contributed by atoms with E-state index in [1.165, 1.54) is 12.8 Å². The van der Waals surface area contributed by atoms with Gasteiger partial charge in [0.1, 0.15) is 12.1 Å². The molecule has 1 spiro atoms. The van der Waals surface area contributed by atoms with Crippen molar-refractivity contribution >= 4 is 30.3 Å². The molecule has 2 saturated heterocycles. The second kappa shape index (κ2) is 8.57. The van der Waals surface area contributed by atoms with Crippen molar-refractivity contribution in [3.05, 3.63) is 0 Å². The van der Waals surface area contributed by atoms with Gasteiger partial charge in [-0.2, -0.15) is 0 Å². The van der Waals surface area contributed by atoms with Gasteiger partial charge in [0.25, 0.3) is 5.91 Å². The number of halogens is 1. The predicted molar refractivity (Wildman–Crippen MR) is 108 cm³/mol. The molecule has 4 rings (SSSR count). The standard InChI is InChI=1S/C20H32N4O3.ClH/c1-14-4-2-3-9-20(14)18(26)24(19(27)22-20)13-17(25)23-10-7-16(8-11-23)21-12-15-5-6-15;/h14-16,21H,2-13H2,1H3,(H,22,27);1H. The number of nitrogens with zero attached hydrogens (tertiary/aromatic N) is 2. The zero-order chi connectivity index (χ0) is 19.0. The van der Waals surface area contributed by atoms with Crippen LogP contribution in [-0.2, 0) is 9.59 Å². The van der Waals surface area contributed by atoms with Crippen LogP contribution in [0.3, 0.4) is 0 Å². The van der Waals surface area contributed by atoms with Crippen LogP contribution in [0.5, 0.6) is 0 Å². The third-order valence-electron chi connectivity index (χ3n) is 7.03. The van der Waals surface area contributed by atoms with E-state index in [-0.39, 0.29) is 36.7 Å². The van der Waals surface area contributed by atoms with E-state index in [0.29, 0.717) is 25.6 Å². The molecular formula is C20H33ClN4O3. The van der Waals surface area contributed by atoms with E-state index in [9.17, 15) is 14.4 Å². The number of carbonyl (C=O) groups is 3. The quantitative estimate of drug-likeness (QED) is 0.676. The number of imide groups is 1. The van der Waals surface area contributed by atoms with Gasteiger partial charge in [0, 0.05) is 19.1 Å². The van der Waals surface area contributed by atoms with E-state index >= 15 is 0 Å². The minimum atomic E-state index is -0.782. The van der Waals surface area contributed by atoms with Crippen LogP contribution >= 0.6 is 12.4 Å². The van der Waals surface area contributed by atoms with Gasteiger partial charge >= 0.3 is 6.03 Å². The van der Waals surface area contributed by atoms with E-state index < -0.39 is 11.6 Å². The maximum Gasteiger partial charge on any atom is 0.325 e. The summed E-state index contributed by atoms with van der Waals surface area (Å²) in [5, 5.41) is 6.53. The van der Waals surface area contributed by atoms with Crippen molar-refractivity contribution in [1.29, 1.82) is 0 Å². The summed E-state index contributed by atoms with van der Waals surface area (Å²) in [6.07, 6.45) is 8.23. The summed E-state index contributed by atoms with van der Waals surface area (Å²) in [6.45, 7) is 4.40. The highest BCUT2D eigenvalue weighted by Gasteiger charge is 2.55. The lowest BCUT2D eigenvalue weighted by molar-refractivity contribution is -0.141. The Morgan fingerprint density at radius 3 is 2.50 bits per heavy atom. The second-order valence-electron chi connectivity index (χ2n) is 8.95. The minimum absolute atomic E-state index is 0. The Hall–Kier alpha value is -1.34. The van der Waals surface area contributed by atoms with Crippen molar-refractivity contribution in [3.8, 4) is 0 Å². The Morgan fingerprint density at radius 1 is 1.14 bits per heavy atom. The maximum absolute atomic E-state index is 13.0. The molecule has 8 heteroatoms. The highest BCUT2D eigenvalue weighted by molar-refractivity contribution is 6.09. The fourth-order valence-electron chi connectivity index (χ4n) is 4.86. The smallest absolute Gasteiger partial charge is 0.325 e. The first-order valence-corrected chi connectivity index (χ1v) is 10.6. The van der Waals surface area contributed by atoms with Crippen molar-refractivity contribution < 1.29 is 14.4 Å². The topological polar surface area (TPSA) is 81.8 Å². The molecule has 2 unspecified atom stereocenters. The van der Waals surface area contributed by atoms with E-state index in [1.54, 1.807) is 0 Å². The Balaban J connectivity index is 0.00000225. The number of rotatable bonds is 5. The highest BCUT2D eigenvalue weighted by Crippen LogP contribution is 2.38. The van der Waals surface area contributed by atoms with Gasteiger partial charge in [-0.3, -0.25) is 14.5 Å². The lowest BCUT2D eigenvalue weighted by atomic mass is 9.73. The Morgan fingerprint density at radius 2 is 1.86 bits per heavy atom. The number of hydrogen-bond donors (Lipinski definition) is 2. The Labute approximate surface area is 173 Å². The predicted octanol–water partition coefficient (Wildman–Crippen LogP) is 1.90. The molecule has 4 fully saturated rings. The average molecular weight is 413 g/mol. The maximum atomic E-state index is 13.0. The summed E-state index contributed by atoms with van der Waals surface area (Å²) in [5.41, 5.74) is -0.782. The van der Waals surface area contributed by atoms with Gasteiger partial charge in [0.15, 0.2) is 0 Å². The third-order valence-corrected chi connectivity index (χ3v) is 7.03. The van der Waals surface area contributed by atoms with Crippen LogP contribution < -0.4 is 10.6 Å². The molecule has 2 saturated carbocycles. The zero-order valence-corrected chi connectivity index (χ0v) is 17.6. The van der Waals surface area contributed by atoms with Crippen LogP contribution in [0.15, 0.2) is 0 Å². The number of amides is 4. The first-order valence-electron chi connectivity index (χ1n) is 10.6. The molecule has 0 bridgehead atoms. The summed E-state index contributed by atoms with van der Waals surface area (Å²) in [6, 6.07) is 0.0841. The summed E-state index contributed by atoms with van der Waals surface area (Å²) in [4.78, 5) is 41.1. The van der Waals surface area contributed by atoms with Crippen LogP contribution in [-0.4, -0.2) is 65.4 Å². The van der Waals surface area contributed by atoms with Crippen molar-refractivity contribution in [2.45, 2.75) is 69.9 Å². The van der Waals surface area contributed by atoms with Gasteiger partial charge in [-0.1, -0.05) is 19.8 Å². The van der Waals surface area contributed by atoms with Crippen LogP contribution in [0.25, 0.3) is 0 Å². The molecule has 2 heterocycles. The van der Waals surface area contributed by atoms with Crippen molar-refractivity contribution in [2.24, 2.45) is 11.8 Å². The van der Waals surface area contributed by atoms with Gasteiger partial charge in [-0.15, -0.1) is 12.4 Å². The molecular weight excluding hydrogens is 380 g/mol. The van der Waals surface area contributed by atoms with Gasteiger partial charge < -0.3 is 15.5 Å².